The van der Waals surface area contributed by atoms with E-state index in [1.807, 2.05) is 30.3 Å². The maximum Gasteiger partial charge on any atom is 0.145 e. The minimum absolute atomic E-state index is 0.0647. The molecule has 2 saturated heterocycles. The molecule has 2 nitrogen and oxygen atoms in total. The zero-order valence-corrected chi connectivity index (χ0v) is 8.11. The van der Waals surface area contributed by atoms with Crippen molar-refractivity contribution in [3.63, 3.8) is 0 Å². The topological polar surface area (TPSA) is 29.6 Å². The first kappa shape index (κ1) is 7.78. The van der Waals surface area contributed by atoms with Gasteiger partial charge in [-0.25, -0.2) is 0 Å². The van der Waals surface area contributed by atoms with Crippen LogP contribution in [0.5, 0.6) is 0 Å². The van der Waals surface area contributed by atoms with Crippen LogP contribution >= 0.6 is 7.14 Å². The molecule has 0 radical (unpaired) electrons. The van der Waals surface area contributed by atoms with Crippen LogP contribution in [-0.4, -0.2) is 18.1 Å². The molecule has 0 aliphatic carbocycles. The van der Waals surface area contributed by atoms with Crippen molar-refractivity contribution in [2.75, 3.05) is 6.16 Å². The van der Waals surface area contributed by atoms with Crippen molar-refractivity contribution in [2.45, 2.75) is 18.4 Å². The molecule has 13 heavy (non-hydrogen) atoms. The summed E-state index contributed by atoms with van der Waals surface area (Å²) in [5, 5.41) is 1.00. The number of hydrogen-bond acceptors (Lipinski definition) is 2. The van der Waals surface area contributed by atoms with E-state index in [-0.39, 0.29) is 5.85 Å². The van der Waals surface area contributed by atoms with E-state index >= 15 is 0 Å². The Hall–Kier alpha value is -0.590. The second-order valence-corrected chi connectivity index (χ2v) is 6.77. The van der Waals surface area contributed by atoms with Gasteiger partial charge in [0.15, 0.2) is 0 Å². The molecule has 2 aliphatic rings. The Kier molecular flexibility index (Phi) is 1.47. The fourth-order valence-corrected chi connectivity index (χ4v) is 5.27. The van der Waals surface area contributed by atoms with Crippen LogP contribution in [0.4, 0.5) is 0 Å². The molecule has 3 atom stereocenters. The first-order chi connectivity index (χ1) is 6.31. The van der Waals surface area contributed by atoms with Gasteiger partial charge in [-0.05, 0) is 6.42 Å². The Bertz CT molecular complexity index is 374. The molecule has 0 spiro atoms. The molecule has 2 fully saturated rings. The maximum atomic E-state index is 12.5. The second kappa shape index (κ2) is 2.46. The molecule has 2 aliphatic heterocycles. The smallest absolute Gasteiger partial charge is 0.145 e. The van der Waals surface area contributed by atoms with Crippen LogP contribution in [0.25, 0.3) is 0 Å². The van der Waals surface area contributed by atoms with Gasteiger partial charge in [0.1, 0.15) is 13.0 Å². The Labute approximate surface area is 77.3 Å². The molecule has 1 unspecified atom stereocenters. The minimum Gasteiger partial charge on any atom is -0.361 e. The molecule has 0 bridgehead atoms. The van der Waals surface area contributed by atoms with Gasteiger partial charge in [0.25, 0.3) is 0 Å². The van der Waals surface area contributed by atoms with Crippen molar-refractivity contribution in [1.29, 1.82) is 0 Å². The molecule has 0 N–H and O–H groups in total. The summed E-state index contributed by atoms with van der Waals surface area (Å²) in [6, 6.07) is 9.78. The molecule has 0 saturated carbocycles. The lowest BCUT2D eigenvalue weighted by Crippen LogP contribution is -2.07. The summed E-state index contributed by atoms with van der Waals surface area (Å²) in [5.41, 5.74) is 0. The van der Waals surface area contributed by atoms with E-state index in [4.69, 9.17) is 4.74 Å². The van der Waals surface area contributed by atoms with E-state index in [0.717, 1.165) is 17.9 Å². The molecule has 1 aromatic carbocycles. The first-order valence-electron chi connectivity index (χ1n) is 4.60. The molecule has 68 valence electrons. The predicted octanol–water partition coefficient (Wildman–Crippen LogP) is 1.80. The summed E-state index contributed by atoms with van der Waals surface area (Å²) >= 11 is 0. The van der Waals surface area contributed by atoms with Gasteiger partial charge in [-0.15, -0.1) is 0 Å². The summed E-state index contributed by atoms with van der Waals surface area (Å²) < 4.78 is 17.8. The third-order valence-electron chi connectivity index (χ3n) is 2.91. The second-order valence-electron chi connectivity index (χ2n) is 3.71. The Morgan fingerprint density at radius 1 is 1.31 bits per heavy atom. The van der Waals surface area contributed by atoms with E-state index in [1.54, 1.807) is 0 Å². The Balaban J connectivity index is 2.05. The summed E-state index contributed by atoms with van der Waals surface area (Å²) in [7, 11) is -2.16. The number of hydrogen-bond donors (Lipinski definition) is 0. The van der Waals surface area contributed by atoms with Crippen LogP contribution < -0.4 is 5.30 Å². The van der Waals surface area contributed by atoms with Gasteiger partial charge in [0.2, 0.25) is 0 Å². The van der Waals surface area contributed by atoms with E-state index in [2.05, 4.69) is 0 Å². The molecule has 3 heteroatoms. The number of epoxide rings is 1. The van der Waals surface area contributed by atoms with Crippen molar-refractivity contribution >= 4 is 12.4 Å². The molecular formula is C10H11O2P. The van der Waals surface area contributed by atoms with Crippen LogP contribution in [0.1, 0.15) is 6.42 Å². The fraction of sp³-hybridized carbons (Fsp3) is 0.400. The summed E-state index contributed by atoms with van der Waals surface area (Å²) in [6.45, 7) is 0. The molecule has 2 heterocycles. The third kappa shape index (κ3) is 1.02. The lowest BCUT2D eigenvalue weighted by atomic mass is 10.4. The van der Waals surface area contributed by atoms with Crippen LogP contribution in [-0.2, 0) is 9.30 Å². The number of benzene rings is 1. The highest BCUT2D eigenvalue weighted by Crippen LogP contribution is 2.65. The number of rotatable bonds is 1. The van der Waals surface area contributed by atoms with Gasteiger partial charge in [-0.2, -0.15) is 0 Å². The number of ether oxygens (including phenoxy) is 1. The first-order valence-corrected chi connectivity index (χ1v) is 6.57. The quantitative estimate of drug-likeness (QED) is 0.504. The third-order valence-corrected chi connectivity index (χ3v) is 6.28. The highest BCUT2D eigenvalue weighted by Gasteiger charge is 2.58. The van der Waals surface area contributed by atoms with E-state index < -0.39 is 7.14 Å². The van der Waals surface area contributed by atoms with Gasteiger partial charge in [0.05, 0.1) is 6.10 Å². The molecular weight excluding hydrogens is 183 g/mol. The summed E-state index contributed by atoms with van der Waals surface area (Å²) in [6.07, 6.45) is 2.13. The largest absolute Gasteiger partial charge is 0.361 e. The van der Waals surface area contributed by atoms with Gasteiger partial charge in [0, 0.05) is 11.5 Å². The van der Waals surface area contributed by atoms with E-state index in [1.165, 1.54) is 0 Å². The molecule has 1 aromatic rings. The van der Waals surface area contributed by atoms with Gasteiger partial charge in [-0.1, -0.05) is 30.3 Å². The lowest BCUT2D eigenvalue weighted by molar-refractivity contribution is 0.380. The van der Waals surface area contributed by atoms with Crippen molar-refractivity contribution in [2.24, 2.45) is 0 Å². The van der Waals surface area contributed by atoms with E-state index in [9.17, 15) is 4.57 Å². The SMILES string of the molecule is O=P1(c2ccccc2)CC[C@H]2O[C@H]21. The summed E-state index contributed by atoms with van der Waals surface area (Å²) in [5.74, 6) is 0.0647. The predicted molar refractivity (Wildman–Crippen MR) is 51.8 cm³/mol. The zero-order valence-electron chi connectivity index (χ0n) is 7.22. The lowest BCUT2D eigenvalue weighted by Gasteiger charge is -2.11. The van der Waals surface area contributed by atoms with Gasteiger partial charge >= 0.3 is 0 Å². The van der Waals surface area contributed by atoms with Crippen LogP contribution in [0.15, 0.2) is 30.3 Å². The van der Waals surface area contributed by atoms with Crippen molar-refractivity contribution < 1.29 is 9.30 Å². The number of fused-ring (bicyclic) bond motifs is 1. The van der Waals surface area contributed by atoms with Crippen molar-refractivity contribution in [1.82, 2.24) is 0 Å². The van der Waals surface area contributed by atoms with Crippen molar-refractivity contribution in [3.05, 3.63) is 30.3 Å². The maximum absolute atomic E-state index is 12.5. The standard InChI is InChI=1S/C10H11O2P/c11-13(7-6-9-10(13)12-9)8-4-2-1-3-5-8/h1-5,9-10H,6-7H2/t9-,10+,13?/m1/s1. The average Bonchev–Trinajstić information content (AvgIpc) is 2.90. The highest BCUT2D eigenvalue weighted by molar-refractivity contribution is 7.72. The Morgan fingerprint density at radius 2 is 2.08 bits per heavy atom. The highest BCUT2D eigenvalue weighted by atomic mass is 31.2. The molecule has 3 rings (SSSR count). The summed E-state index contributed by atoms with van der Waals surface area (Å²) in [4.78, 5) is 0. The van der Waals surface area contributed by atoms with Crippen LogP contribution in [0.3, 0.4) is 0 Å². The molecule has 0 amide bonds. The van der Waals surface area contributed by atoms with E-state index in [0.29, 0.717) is 6.10 Å². The minimum atomic E-state index is -2.16. The fourth-order valence-electron chi connectivity index (χ4n) is 2.11. The van der Waals surface area contributed by atoms with Gasteiger partial charge < -0.3 is 9.30 Å². The van der Waals surface area contributed by atoms with Crippen LogP contribution in [0.2, 0.25) is 0 Å². The Morgan fingerprint density at radius 3 is 2.62 bits per heavy atom. The van der Waals surface area contributed by atoms with Crippen LogP contribution in [0, 0.1) is 0 Å². The molecule has 0 aromatic heterocycles. The average molecular weight is 194 g/mol. The monoisotopic (exact) mass is 194 g/mol. The van der Waals surface area contributed by atoms with Gasteiger partial charge in [-0.3, -0.25) is 0 Å². The van der Waals surface area contributed by atoms with Crippen molar-refractivity contribution in [3.8, 4) is 0 Å². The zero-order chi connectivity index (χ0) is 8.89. The normalized spacial score (nSPS) is 41.5.